The molecule has 2 aromatic carbocycles. The van der Waals surface area contributed by atoms with E-state index in [0.717, 1.165) is 29.9 Å². The van der Waals surface area contributed by atoms with E-state index in [2.05, 4.69) is 12.2 Å². The quantitative estimate of drug-likeness (QED) is 0.611. The Morgan fingerprint density at radius 3 is 1.80 bits per heavy atom. The SMILES string of the molecule is O=P(c1ccccc1)(c1ccccc1)C1CC=CCC1. The molecule has 0 saturated heterocycles. The van der Waals surface area contributed by atoms with Crippen LogP contribution in [0, 0.1) is 0 Å². The van der Waals surface area contributed by atoms with Crippen molar-refractivity contribution in [1.82, 2.24) is 0 Å². The molecule has 3 rings (SSSR count). The van der Waals surface area contributed by atoms with Crippen molar-refractivity contribution in [3.63, 3.8) is 0 Å². The highest BCUT2D eigenvalue weighted by Crippen LogP contribution is 2.52. The molecule has 0 bridgehead atoms. The third-order valence-electron chi connectivity index (χ3n) is 4.04. The van der Waals surface area contributed by atoms with Crippen LogP contribution in [0.3, 0.4) is 0 Å². The van der Waals surface area contributed by atoms with Gasteiger partial charge in [0.1, 0.15) is 7.14 Å². The van der Waals surface area contributed by atoms with Crippen LogP contribution in [-0.4, -0.2) is 5.66 Å². The summed E-state index contributed by atoms with van der Waals surface area (Å²) in [5, 5.41) is 1.98. The highest BCUT2D eigenvalue weighted by molar-refractivity contribution is 7.79. The lowest BCUT2D eigenvalue weighted by Crippen LogP contribution is -2.26. The second-order valence-corrected chi connectivity index (χ2v) is 8.35. The van der Waals surface area contributed by atoms with Gasteiger partial charge < -0.3 is 4.57 Å². The fourth-order valence-electron chi connectivity index (χ4n) is 2.98. The molecule has 0 spiro atoms. The van der Waals surface area contributed by atoms with Gasteiger partial charge in [0.05, 0.1) is 0 Å². The molecule has 0 amide bonds. The van der Waals surface area contributed by atoms with Gasteiger partial charge in [-0.25, -0.2) is 0 Å². The van der Waals surface area contributed by atoms with E-state index in [1.54, 1.807) is 0 Å². The minimum atomic E-state index is -2.55. The molecule has 20 heavy (non-hydrogen) atoms. The van der Waals surface area contributed by atoms with Crippen LogP contribution in [0.1, 0.15) is 19.3 Å². The summed E-state index contributed by atoms with van der Waals surface area (Å²) in [5.41, 5.74) is 0.234. The van der Waals surface area contributed by atoms with E-state index in [-0.39, 0.29) is 5.66 Å². The van der Waals surface area contributed by atoms with Gasteiger partial charge in [0.25, 0.3) is 0 Å². The minimum Gasteiger partial charge on any atom is -0.313 e. The summed E-state index contributed by atoms with van der Waals surface area (Å²) >= 11 is 0. The average molecular weight is 282 g/mol. The summed E-state index contributed by atoms with van der Waals surface area (Å²) in [4.78, 5) is 0. The molecular weight excluding hydrogens is 263 g/mol. The van der Waals surface area contributed by atoms with Crippen LogP contribution in [-0.2, 0) is 4.57 Å². The van der Waals surface area contributed by atoms with Gasteiger partial charge in [-0.3, -0.25) is 0 Å². The highest BCUT2D eigenvalue weighted by Gasteiger charge is 2.35. The zero-order valence-corrected chi connectivity index (χ0v) is 12.4. The fourth-order valence-corrected chi connectivity index (χ4v) is 6.28. The fraction of sp³-hybridized carbons (Fsp3) is 0.222. The standard InChI is InChI=1S/C18H19OP/c19-20(16-10-4-1-5-11-16,17-12-6-2-7-13-17)18-14-8-3-9-15-18/h1-8,10-13,18H,9,14-15H2. The third kappa shape index (κ3) is 2.39. The van der Waals surface area contributed by atoms with Gasteiger partial charge in [-0.2, -0.15) is 0 Å². The molecule has 1 aliphatic carbocycles. The Hall–Kier alpha value is -1.59. The molecule has 0 aliphatic heterocycles. The predicted molar refractivity (Wildman–Crippen MR) is 86.5 cm³/mol. The smallest absolute Gasteiger partial charge is 0.146 e. The van der Waals surface area contributed by atoms with Crippen LogP contribution in [0.2, 0.25) is 0 Å². The molecule has 0 heterocycles. The normalized spacial score (nSPS) is 18.9. The molecule has 1 unspecified atom stereocenters. The maximum Gasteiger partial charge on any atom is 0.146 e. The Morgan fingerprint density at radius 2 is 1.35 bits per heavy atom. The first-order chi connectivity index (χ1) is 9.82. The third-order valence-corrected chi connectivity index (χ3v) is 7.66. The van der Waals surface area contributed by atoms with Crippen molar-refractivity contribution >= 4 is 17.8 Å². The zero-order chi connectivity index (χ0) is 13.8. The van der Waals surface area contributed by atoms with E-state index < -0.39 is 7.14 Å². The first kappa shape index (κ1) is 13.4. The van der Waals surface area contributed by atoms with Crippen LogP contribution in [0.5, 0.6) is 0 Å². The van der Waals surface area contributed by atoms with Gasteiger partial charge >= 0.3 is 0 Å². The molecule has 0 radical (unpaired) electrons. The summed E-state index contributed by atoms with van der Waals surface area (Å²) in [6.07, 6.45) is 7.36. The van der Waals surface area contributed by atoms with Crippen LogP contribution in [0.15, 0.2) is 72.8 Å². The lowest BCUT2D eigenvalue weighted by molar-refractivity contribution is 0.569. The van der Waals surface area contributed by atoms with Crippen molar-refractivity contribution in [2.24, 2.45) is 0 Å². The van der Waals surface area contributed by atoms with Gasteiger partial charge in [0.2, 0.25) is 0 Å². The lowest BCUT2D eigenvalue weighted by Gasteiger charge is -2.29. The van der Waals surface area contributed by atoms with E-state index in [9.17, 15) is 4.57 Å². The summed E-state index contributed by atoms with van der Waals surface area (Å²) in [6, 6.07) is 20.0. The van der Waals surface area contributed by atoms with Gasteiger partial charge in [-0.1, -0.05) is 72.8 Å². The van der Waals surface area contributed by atoms with Crippen LogP contribution >= 0.6 is 7.14 Å². The number of allylic oxidation sites excluding steroid dienone is 2. The summed E-state index contributed by atoms with van der Waals surface area (Å²) in [6.45, 7) is 0. The minimum absolute atomic E-state index is 0.234. The molecule has 1 aliphatic rings. The monoisotopic (exact) mass is 282 g/mol. The number of hydrogen-bond acceptors (Lipinski definition) is 1. The Balaban J connectivity index is 2.13. The summed E-state index contributed by atoms with van der Waals surface area (Å²) < 4.78 is 13.9. The van der Waals surface area contributed by atoms with E-state index >= 15 is 0 Å². The predicted octanol–water partition coefficient (Wildman–Crippen LogP) is 4.11. The molecule has 102 valence electrons. The highest BCUT2D eigenvalue weighted by atomic mass is 31.2. The molecular formula is C18H19OP. The van der Waals surface area contributed by atoms with Crippen molar-refractivity contribution in [3.05, 3.63) is 72.8 Å². The van der Waals surface area contributed by atoms with E-state index in [1.807, 2.05) is 60.7 Å². The van der Waals surface area contributed by atoms with Crippen LogP contribution in [0.25, 0.3) is 0 Å². The maximum absolute atomic E-state index is 13.9. The van der Waals surface area contributed by atoms with Crippen molar-refractivity contribution in [3.8, 4) is 0 Å². The molecule has 1 nitrogen and oxygen atoms in total. The van der Waals surface area contributed by atoms with Crippen molar-refractivity contribution in [2.75, 3.05) is 0 Å². The Kier molecular flexibility index (Phi) is 3.89. The first-order valence-corrected chi connectivity index (χ1v) is 8.95. The van der Waals surface area contributed by atoms with Gasteiger partial charge in [-0.05, 0) is 19.3 Å². The molecule has 2 heteroatoms. The van der Waals surface area contributed by atoms with Crippen LogP contribution in [0.4, 0.5) is 0 Å². The average Bonchev–Trinajstić information content (AvgIpc) is 2.56. The molecule has 0 saturated carbocycles. The van der Waals surface area contributed by atoms with E-state index in [4.69, 9.17) is 0 Å². The zero-order valence-electron chi connectivity index (χ0n) is 11.5. The summed E-state index contributed by atoms with van der Waals surface area (Å²) in [5.74, 6) is 0. The lowest BCUT2D eigenvalue weighted by atomic mass is 10.1. The second kappa shape index (κ2) is 5.81. The largest absolute Gasteiger partial charge is 0.313 e. The van der Waals surface area contributed by atoms with Crippen molar-refractivity contribution in [1.29, 1.82) is 0 Å². The van der Waals surface area contributed by atoms with E-state index in [0.29, 0.717) is 0 Å². The second-order valence-electron chi connectivity index (χ2n) is 5.27. The molecule has 0 aromatic heterocycles. The Morgan fingerprint density at radius 1 is 0.800 bits per heavy atom. The Labute approximate surface area is 120 Å². The van der Waals surface area contributed by atoms with Crippen molar-refractivity contribution < 1.29 is 4.57 Å². The topological polar surface area (TPSA) is 17.1 Å². The van der Waals surface area contributed by atoms with Crippen LogP contribution < -0.4 is 10.6 Å². The van der Waals surface area contributed by atoms with Gasteiger partial charge in [0.15, 0.2) is 0 Å². The molecule has 0 fully saturated rings. The van der Waals surface area contributed by atoms with Gasteiger partial charge in [0, 0.05) is 16.3 Å². The van der Waals surface area contributed by atoms with Gasteiger partial charge in [-0.15, -0.1) is 0 Å². The Bertz CT molecular complexity index is 587. The first-order valence-electron chi connectivity index (χ1n) is 7.18. The maximum atomic E-state index is 13.9. The number of rotatable bonds is 3. The summed E-state index contributed by atoms with van der Waals surface area (Å²) in [7, 11) is -2.55. The molecule has 0 N–H and O–H groups in total. The molecule has 1 atom stereocenters. The van der Waals surface area contributed by atoms with E-state index in [1.165, 1.54) is 0 Å². The molecule has 2 aromatic rings. The number of hydrogen-bond donors (Lipinski definition) is 0. The number of benzene rings is 2. The van der Waals surface area contributed by atoms with Crippen molar-refractivity contribution in [2.45, 2.75) is 24.9 Å².